The quantitative estimate of drug-likeness (QED) is 0.738. The second kappa shape index (κ2) is 5.83. The van der Waals surface area contributed by atoms with Gasteiger partial charge in [0.05, 0.1) is 12.2 Å². The van der Waals surface area contributed by atoms with Crippen LogP contribution < -0.4 is 0 Å². The van der Waals surface area contributed by atoms with E-state index in [1.165, 1.54) is 0 Å². The molecule has 3 nitrogen and oxygen atoms in total. The van der Waals surface area contributed by atoms with Crippen LogP contribution in [0.2, 0.25) is 0 Å². The van der Waals surface area contributed by atoms with Crippen molar-refractivity contribution in [3.05, 3.63) is 0 Å². The zero-order valence-corrected chi connectivity index (χ0v) is 10.0. The Kier molecular flexibility index (Phi) is 5.03. The van der Waals surface area contributed by atoms with E-state index in [4.69, 9.17) is 4.74 Å². The molecule has 0 amide bonds. The van der Waals surface area contributed by atoms with Gasteiger partial charge in [-0.25, -0.2) is 0 Å². The molecule has 15 heavy (non-hydrogen) atoms. The fraction of sp³-hybridized carbons (Fsp3) is 1.00. The molecule has 4 atom stereocenters. The zero-order valence-electron chi connectivity index (χ0n) is 10.0. The van der Waals surface area contributed by atoms with Crippen molar-refractivity contribution in [1.82, 2.24) is 0 Å². The van der Waals surface area contributed by atoms with Crippen LogP contribution in [-0.2, 0) is 4.74 Å². The molecule has 2 N–H and O–H groups in total. The lowest BCUT2D eigenvalue weighted by Gasteiger charge is -2.21. The highest BCUT2D eigenvalue weighted by atomic mass is 16.6. The predicted molar refractivity (Wildman–Crippen MR) is 59.4 cm³/mol. The van der Waals surface area contributed by atoms with Crippen LogP contribution in [-0.4, -0.2) is 28.7 Å². The van der Waals surface area contributed by atoms with Crippen molar-refractivity contribution in [2.24, 2.45) is 11.8 Å². The summed E-state index contributed by atoms with van der Waals surface area (Å²) in [5.41, 5.74) is 0. The molecule has 0 aromatic rings. The fourth-order valence-corrected chi connectivity index (χ4v) is 2.41. The minimum absolute atomic E-state index is 0.0974. The van der Waals surface area contributed by atoms with Gasteiger partial charge in [-0.3, -0.25) is 0 Å². The van der Waals surface area contributed by atoms with Crippen LogP contribution in [0.3, 0.4) is 0 Å². The van der Waals surface area contributed by atoms with Gasteiger partial charge in [0.25, 0.3) is 0 Å². The van der Waals surface area contributed by atoms with E-state index in [1.54, 1.807) is 0 Å². The average Bonchev–Trinajstić information content (AvgIpc) is 2.51. The first kappa shape index (κ1) is 12.9. The van der Waals surface area contributed by atoms with E-state index in [0.717, 1.165) is 25.7 Å². The summed E-state index contributed by atoms with van der Waals surface area (Å²) in [7, 11) is 0. The fourth-order valence-electron chi connectivity index (χ4n) is 2.41. The van der Waals surface area contributed by atoms with Crippen LogP contribution in [0.4, 0.5) is 0 Å². The summed E-state index contributed by atoms with van der Waals surface area (Å²) in [5, 5.41) is 19.7. The lowest BCUT2D eigenvalue weighted by atomic mass is 9.86. The van der Waals surface area contributed by atoms with Crippen LogP contribution in [0.25, 0.3) is 0 Å². The van der Waals surface area contributed by atoms with Gasteiger partial charge in [-0.05, 0) is 18.8 Å². The van der Waals surface area contributed by atoms with Crippen molar-refractivity contribution in [1.29, 1.82) is 0 Å². The molecule has 0 spiro atoms. The number of rotatable bonds is 5. The van der Waals surface area contributed by atoms with Gasteiger partial charge in [-0.2, -0.15) is 0 Å². The van der Waals surface area contributed by atoms with E-state index in [2.05, 4.69) is 13.8 Å². The molecule has 0 radical (unpaired) electrons. The number of aliphatic hydroxyl groups excluding tert-OH is 2. The standard InChI is InChI=1S/C12H24O3/c1-4-8(5-2)7-9-11(13)10(6-3)15-12(9)14/h8-14H,4-7H2,1-3H3. The van der Waals surface area contributed by atoms with Crippen LogP contribution in [0, 0.1) is 11.8 Å². The van der Waals surface area contributed by atoms with Gasteiger partial charge >= 0.3 is 0 Å². The van der Waals surface area contributed by atoms with Gasteiger partial charge < -0.3 is 14.9 Å². The largest absolute Gasteiger partial charge is 0.390 e. The van der Waals surface area contributed by atoms with Crippen molar-refractivity contribution in [3.8, 4) is 0 Å². The van der Waals surface area contributed by atoms with E-state index in [1.807, 2.05) is 6.92 Å². The van der Waals surface area contributed by atoms with Crippen LogP contribution in [0.5, 0.6) is 0 Å². The van der Waals surface area contributed by atoms with E-state index in [-0.39, 0.29) is 12.0 Å². The minimum atomic E-state index is -0.773. The molecule has 1 saturated heterocycles. The maximum Gasteiger partial charge on any atom is 0.160 e. The van der Waals surface area contributed by atoms with E-state index >= 15 is 0 Å². The highest BCUT2D eigenvalue weighted by Crippen LogP contribution is 2.33. The van der Waals surface area contributed by atoms with Crippen molar-refractivity contribution in [2.45, 2.75) is 65.0 Å². The maximum atomic E-state index is 9.97. The number of hydrogen-bond acceptors (Lipinski definition) is 3. The lowest BCUT2D eigenvalue weighted by molar-refractivity contribution is -0.111. The number of ether oxygens (including phenoxy) is 1. The smallest absolute Gasteiger partial charge is 0.160 e. The molecule has 0 aromatic carbocycles. The third-order valence-corrected chi connectivity index (χ3v) is 3.66. The number of aliphatic hydroxyl groups is 2. The highest BCUT2D eigenvalue weighted by molar-refractivity contribution is 4.86. The molecule has 0 aliphatic carbocycles. The molecule has 1 aliphatic heterocycles. The summed E-state index contributed by atoms with van der Waals surface area (Å²) < 4.78 is 5.33. The zero-order chi connectivity index (χ0) is 11.4. The Morgan fingerprint density at radius 3 is 2.13 bits per heavy atom. The third-order valence-electron chi connectivity index (χ3n) is 3.66. The van der Waals surface area contributed by atoms with Gasteiger partial charge in [-0.15, -0.1) is 0 Å². The first-order valence-electron chi connectivity index (χ1n) is 6.15. The van der Waals surface area contributed by atoms with E-state index in [0.29, 0.717) is 5.92 Å². The summed E-state index contributed by atoms with van der Waals surface area (Å²) in [6, 6.07) is 0. The van der Waals surface area contributed by atoms with Gasteiger partial charge in [0.2, 0.25) is 0 Å². The number of hydrogen-bond donors (Lipinski definition) is 2. The first-order valence-corrected chi connectivity index (χ1v) is 6.15. The van der Waals surface area contributed by atoms with Crippen LogP contribution >= 0.6 is 0 Å². The summed E-state index contributed by atoms with van der Waals surface area (Å²) in [6.45, 7) is 6.28. The second-order valence-electron chi connectivity index (χ2n) is 4.55. The SMILES string of the molecule is CCC(CC)CC1C(O)OC(CC)C1O. The third kappa shape index (κ3) is 2.92. The van der Waals surface area contributed by atoms with Gasteiger partial charge in [0.15, 0.2) is 6.29 Å². The van der Waals surface area contributed by atoms with Crippen molar-refractivity contribution in [2.75, 3.05) is 0 Å². The lowest BCUT2D eigenvalue weighted by Crippen LogP contribution is -2.29. The van der Waals surface area contributed by atoms with Crippen LogP contribution in [0.15, 0.2) is 0 Å². The Labute approximate surface area is 92.4 Å². The van der Waals surface area contributed by atoms with Crippen molar-refractivity contribution >= 4 is 0 Å². The molecule has 90 valence electrons. The molecule has 1 aliphatic rings. The predicted octanol–water partition coefficient (Wildman–Crippen LogP) is 1.92. The molecular weight excluding hydrogens is 192 g/mol. The monoisotopic (exact) mass is 216 g/mol. The van der Waals surface area contributed by atoms with Crippen molar-refractivity contribution in [3.63, 3.8) is 0 Å². The molecule has 3 heteroatoms. The molecular formula is C12H24O3. The molecule has 4 unspecified atom stereocenters. The maximum absolute atomic E-state index is 9.97. The van der Waals surface area contributed by atoms with Crippen molar-refractivity contribution < 1.29 is 14.9 Å². The van der Waals surface area contributed by atoms with Gasteiger partial charge in [0, 0.05) is 5.92 Å². The van der Waals surface area contributed by atoms with Crippen LogP contribution in [0.1, 0.15) is 46.5 Å². The Morgan fingerprint density at radius 2 is 1.73 bits per heavy atom. The summed E-state index contributed by atoms with van der Waals surface area (Å²) >= 11 is 0. The Bertz CT molecular complexity index is 180. The van der Waals surface area contributed by atoms with E-state index < -0.39 is 12.4 Å². The molecule has 1 fully saturated rings. The average molecular weight is 216 g/mol. The summed E-state index contributed by atoms with van der Waals surface area (Å²) in [6.07, 6.45) is 2.38. The topological polar surface area (TPSA) is 49.7 Å². The second-order valence-corrected chi connectivity index (χ2v) is 4.55. The summed E-state index contributed by atoms with van der Waals surface area (Å²) in [4.78, 5) is 0. The molecule has 0 aromatic heterocycles. The first-order chi connectivity index (χ1) is 7.13. The van der Waals surface area contributed by atoms with E-state index in [9.17, 15) is 10.2 Å². The molecule has 0 saturated carbocycles. The van der Waals surface area contributed by atoms with Gasteiger partial charge in [-0.1, -0.05) is 33.6 Å². The minimum Gasteiger partial charge on any atom is -0.390 e. The van der Waals surface area contributed by atoms with Gasteiger partial charge in [0.1, 0.15) is 0 Å². The molecule has 1 heterocycles. The Hall–Kier alpha value is -0.120. The highest BCUT2D eigenvalue weighted by Gasteiger charge is 2.42. The normalized spacial score (nSPS) is 36.4. The summed E-state index contributed by atoms with van der Waals surface area (Å²) in [5.74, 6) is 0.485. The Balaban J connectivity index is 2.53. The molecule has 0 bridgehead atoms. The Morgan fingerprint density at radius 1 is 1.13 bits per heavy atom. The molecule has 1 rings (SSSR count).